The summed E-state index contributed by atoms with van der Waals surface area (Å²) in [5, 5.41) is 10.5. The Labute approximate surface area is 141 Å². The minimum atomic E-state index is -4.38. The van der Waals surface area contributed by atoms with Gasteiger partial charge >= 0.3 is 6.18 Å². The van der Waals surface area contributed by atoms with Crippen LogP contribution in [0.4, 0.5) is 18.9 Å². The number of aromatic nitrogens is 2. The van der Waals surface area contributed by atoms with E-state index in [1.165, 1.54) is 12.1 Å². The quantitative estimate of drug-likeness (QED) is 0.720. The predicted octanol–water partition coefficient (Wildman–Crippen LogP) is 4.28. The third-order valence-electron chi connectivity index (χ3n) is 3.25. The summed E-state index contributed by atoms with van der Waals surface area (Å²) in [6.07, 6.45) is -4.38. The average Bonchev–Trinajstić information content (AvgIpc) is 3.07. The monoisotopic (exact) mass is 349 g/mol. The van der Waals surface area contributed by atoms with Crippen molar-refractivity contribution in [1.82, 2.24) is 10.2 Å². The maximum Gasteiger partial charge on any atom is 0.416 e. The van der Waals surface area contributed by atoms with Crippen molar-refractivity contribution in [3.05, 3.63) is 71.9 Å². The molecule has 0 saturated carbocycles. The number of benzene rings is 2. The van der Waals surface area contributed by atoms with Crippen LogP contribution in [0.2, 0.25) is 0 Å². The summed E-state index contributed by atoms with van der Waals surface area (Å²) in [5.74, 6) is 1.21. The molecule has 1 N–H and O–H groups in total. The average molecular weight is 349 g/mol. The molecule has 1 heterocycles. The molecule has 0 bridgehead atoms. The van der Waals surface area contributed by atoms with Crippen molar-refractivity contribution in [2.24, 2.45) is 0 Å². The van der Waals surface area contributed by atoms with Crippen LogP contribution in [-0.4, -0.2) is 10.2 Å². The standard InChI is InChI=1S/C17H14F3N3O2/c18-17(19,20)12-5-4-6-13(9-12)21-10-15-22-23-16(25-15)11-24-14-7-2-1-3-8-14/h1-9,21H,10-11H2. The molecule has 0 fully saturated rings. The minimum absolute atomic E-state index is 0.111. The van der Waals surface area contributed by atoms with Crippen LogP contribution in [-0.2, 0) is 19.3 Å². The number of halogens is 3. The van der Waals surface area contributed by atoms with Gasteiger partial charge in [0.15, 0.2) is 6.61 Å². The first-order valence-corrected chi connectivity index (χ1v) is 7.41. The first-order chi connectivity index (χ1) is 12.0. The number of hydrogen-bond acceptors (Lipinski definition) is 5. The van der Waals surface area contributed by atoms with Gasteiger partial charge in [0.05, 0.1) is 12.1 Å². The Balaban J connectivity index is 1.55. The van der Waals surface area contributed by atoms with E-state index in [1.807, 2.05) is 18.2 Å². The first-order valence-electron chi connectivity index (χ1n) is 7.41. The number of hydrogen-bond donors (Lipinski definition) is 1. The van der Waals surface area contributed by atoms with E-state index in [0.29, 0.717) is 11.4 Å². The van der Waals surface area contributed by atoms with Gasteiger partial charge in [0.1, 0.15) is 5.75 Å². The Hall–Kier alpha value is -3.03. The molecule has 0 radical (unpaired) electrons. The Bertz CT molecular complexity index is 819. The maximum absolute atomic E-state index is 12.7. The van der Waals surface area contributed by atoms with Gasteiger partial charge in [-0.1, -0.05) is 24.3 Å². The number of anilines is 1. The SMILES string of the molecule is FC(F)(F)c1cccc(NCc2nnc(COc3ccccc3)o2)c1. The van der Waals surface area contributed by atoms with Crippen LogP contribution in [0.25, 0.3) is 0 Å². The molecule has 0 unspecified atom stereocenters. The van der Waals surface area contributed by atoms with E-state index in [9.17, 15) is 13.2 Å². The van der Waals surface area contributed by atoms with Crippen molar-refractivity contribution >= 4 is 5.69 Å². The van der Waals surface area contributed by atoms with Gasteiger partial charge in [0.2, 0.25) is 5.89 Å². The normalized spacial score (nSPS) is 11.3. The second-order valence-electron chi connectivity index (χ2n) is 5.12. The number of ether oxygens (including phenoxy) is 1. The molecule has 0 atom stereocenters. The zero-order chi connectivity index (χ0) is 17.7. The van der Waals surface area contributed by atoms with Crippen molar-refractivity contribution in [3.8, 4) is 5.75 Å². The lowest BCUT2D eigenvalue weighted by atomic mass is 10.2. The van der Waals surface area contributed by atoms with Crippen molar-refractivity contribution in [2.45, 2.75) is 19.3 Å². The second-order valence-corrected chi connectivity index (χ2v) is 5.12. The Morgan fingerprint density at radius 3 is 2.48 bits per heavy atom. The zero-order valence-corrected chi connectivity index (χ0v) is 13.0. The van der Waals surface area contributed by atoms with Crippen molar-refractivity contribution in [2.75, 3.05) is 5.32 Å². The second kappa shape index (κ2) is 7.25. The zero-order valence-electron chi connectivity index (χ0n) is 13.0. The highest BCUT2D eigenvalue weighted by Crippen LogP contribution is 2.30. The van der Waals surface area contributed by atoms with Crippen molar-refractivity contribution in [1.29, 1.82) is 0 Å². The molecule has 1 aromatic heterocycles. The van der Waals surface area contributed by atoms with Gasteiger partial charge in [0, 0.05) is 5.69 Å². The van der Waals surface area contributed by atoms with E-state index in [0.717, 1.165) is 12.1 Å². The summed E-state index contributed by atoms with van der Waals surface area (Å²) in [6, 6.07) is 14.0. The van der Waals surface area contributed by atoms with Gasteiger partial charge in [-0.05, 0) is 30.3 Å². The Kier molecular flexibility index (Phi) is 4.87. The summed E-state index contributed by atoms with van der Waals surface area (Å²) >= 11 is 0. The molecule has 3 rings (SSSR count). The first kappa shape index (κ1) is 16.8. The van der Waals surface area contributed by atoms with E-state index in [2.05, 4.69) is 15.5 Å². The topological polar surface area (TPSA) is 60.2 Å². The largest absolute Gasteiger partial charge is 0.484 e. The van der Waals surface area contributed by atoms with Gasteiger partial charge in [-0.3, -0.25) is 0 Å². The molecule has 0 aliphatic rings. The highest BCUT2D eigenvalue weighted by atomic mass is 19.4. The fourth-order valence-electron chi connectivity index (χ4n) is 2.06. The van der Waals surface area contributed by atoms with Crippen LogP contribution in [0.15, 0.2) is 59.0 Å². The van der Waals surface area contributed by atoms with E-state index < -0.39 is 11.7 Å². The van der Waals surface area contributed by atoms with Gasteiger partial charge < -0.3 is 14.5 Å². The van der Waals surface area contributed by atoms with Crippen LogP contribution in [0, 0.1) is 0 Å². The summed E-state index contributed by atoms with van der Waals surface area (Å²) < 4.78 is 48.9. The molecule has 0 saturated heterocycles. The van der Waals surface area contributed by atoms with Crippen LogP contribution in [0.3, 0.4) is 0 Å². The summed E-state index contributed by atoms with van der Waals surface area (Å²) in [4.78, 5) is 0. The van der Waals surface area contributed by atoms with Crippen molar-refractivity contribution < 1.29 is 22.3 Å². The molecule has 0 aliphatic heterocycles. The van der Waals surface area contributed by atoms with Gasteiger partial charge in [-0.25, -0.2) is 0 Å². The third kappa shape index (κ3) is 4.72. The fourth-order valence-corrected chi connectivity index (χ4v) is 2.06. The molecule has 25 heavy (non-hydrogen) atoms. The van der Waals surface area contributed by atoms with Gasteiger partial charge in [-0.15, -0.1) is 10.2 Å². The summed E-state index contributed by atoms with van der Waals surface area (Å²) in [7, 11) is 0. The molecular formula is C17H14F3N3O2. The molecule has 3 aromatic rings. The lowest BCUT2D eigenvalue weighted by Gasteiger charge is -2.09. The molecule has 8 heteroatoms. The van der Waals surface area contributed by atoms with E-state index in [-0.39, 0.29) is 24.9 Å². The molecule has 0 aliphatic carbocycles. The molecule has 0 spiro atoms. The predicted molar refractivity (Wildman–Crippen MR) is 83.8 cm³/mol. The van der Waals surface area contributed by atoms with Crippen LogP contribution >= 0.6 is 0 Å². The molecule has 5 nitrogen and oxygen atoms in total. The molecule has 2 aromatic carbocycles. The summed E-state index contributed by atoms with van der Waals surface area (Å²) in [5.41, 5.74) is -0.407. The highest BCUT2D eigenvalue weighted by Gasteiger charge is 2.30. The maximum atomic E-state index is 12.7. The number of nitrogens with one attached hydrogen (secondary N) is 1. The lowest BCUT2D eigenvalue weighted by Crippen LogP contribution is -2.06. The number of rotatable bonds is 6. The third-order valence-corrected chi connectivity index (χ3v) is 3.25. The molecule has 0 amide bonds. The molecular weight excluding hydrogens is 335 g/mol. The van der Waals surface area contributed by atoms with Crippen molar-refractivity contribution in [3.63, 3.8) is 0 Å². The highest BCUT2D eigenvalue weighted by molar-refractivity contribution is 5.46. The van der Waals surface area contributed by atoms with Gasteiger partial charge in [0.25, 0.3) is 5.89 Å². The summed E-state index contributed by atoms with van der Waals surface area (Å²) in [6.45, 7) is 0.222. The Morgan fingerprint density at radius 2 is 1.72 bits per heavy atom. The van der Waals surface area contributed by atoms with E-state index in [1.54, 1.807) is 12.1 Å². The van der Waals surface area contributed by atoms with Crippen LogP contribution < -0.4 is 10.1 Å². The number of alkyl halides is 3. The number of nitrogens with zero attached hydrogens (tertiary/aromatic N) is 2. The lowest BCUT2D eigenvalue weighted by molar-refractivity contribution is -0.137. The molecule has 130 valence electrons. The van der Waals surface area contributed by atoms with Gasteiger partial charge in [-0.2, -0.15) is 13.2 Å². The van der Waals surface area contributed by atoms with Crippen LogP contribution in [0.5, 0.6) is 5.75 Å². The number of para-hydroxylation sites is 1. The van der Waals surface area contributed by atoms with E-state index in [4.69, 9.17) is 9.15 Å². The smallest absolute Gasteiger partial charge is 0.416 e. The fraction of sp³-hybridized carbons (Fsp3) is 0.176. The minimum Gasteiger partial charge on any atom is -0.484 e. The van der Waals surface area contributed by atoms with Crippen LogP contribution in [0.1, 0.15) is 17.3 Å². The Morgan fingerprint density at radius 1 is 0.960 bits per heavy atom. The van der Waals surface area contributed by atoms with E-state index >= 15 is 0 Å².